The molecule has 0 aliphatic carbocycles. The molecular weight excluding hydrogens is 230 g/mol. The molecule has 0 radical (unpaired) electrons. The van der Waals surface area contributed by atoms with Gasteiger partial charge in [0.1, 0.15) is 17.5 Å². The van der Waals surface area contributed by atoms with Crippen molar-refractivity contribution >= 4 is 17.5 Å². The fourth-order valence-electron chi connectivity index (χ4n) is 1.80. The molecular formula is C12H21N5O. The maximum Gasteiger partial charge on any atom is 0.236 e. The fraction of sp³-hybridized carbons (Fsp3) is 0.583. The maximum atomic E-state index is 11.2. The molecule has 0 aromatic carbocycles. The van der Waals surface area contributed by atoms with Gasteiger partial charge in [-0.05, 0) is 19.8 Å². The lowest BCUT2D eigenvalue weighted by Crippen LogP contribution is -2.37. The molecule has 6 heteroatoms. The molecule has 0 spiro atoms. The summed E-state index contributed by atoms with van der Waals surface area (Å²) in [5.74, 6) is 1.72. The monoisotopic (exact) mass is 251 g/mol. The highest BCUT2D eigenvalue weighted by molar-refractivity contribution is 5.79. The van der Waals surface area contributed by atoms with E-state index in [1.165, 1.54) is 0 Å². The van der Waals surface area contributed by atoms with Crippen molar-refractivity contribution in [2.24, 2.45) is 11.7 Å². The minimum atomic E-state index is -0.384. The van der Waals surface area contributed by atoms with Crippen LogP contribution in [0.1, 0.15) is 25.2 Å². The van der Waals surface area contributed by atoms with E-state index >= 15 is 0 Å². The molecule has 0 saturated carbocycles. The Balaban J connectivity index is 3.15. The highest BCUT2D eigenvalue weighted by Crippen LogP contribution is 2.22. The van der Waals surface area contributed by atoms with Crippen molar-refractivity contribution in [2.45, 2.75) is 27.7 Å². The summed E-state index contributed by atoms with van der Waals surface area (Å²) in [5, 5.41) is 0. The van der Waals surface area contributed by atoms with Gasteiger partial charge in [0.15, 0.2) is 0 Å². The predicted octanol–water partition coefficient (Wildman–Crippen LogP) is 0.623. The Morgan fingerprint density at radius 3 is 2.44 bits per heavy atom. The molecule has 0 atom stereocenters. The summed E-state index contributed by atoms with van der Waals surface area (Å²) < 4.78 is 0. The molecule has 1 amide bonds. The van der Waals surface area contributed by atoms with Crippen LogP contribution in [0.15, 0.2) is 0 Å². The van der Waals surface area contributed by atoms with Gasteiger partial charge in [-0.2, -0.15) is 0 Å². The number of anilines is 2. The largest absolute Gasteiger partial charge is 0.383 e. The SMILES string of the molecule is Cc1nc(N)c(C)c(N(CC(N)=O)CC(C)C)n1. The van der Waals surface area contributed by atoms with Crippen molar-refractivity contribution in [2.75, 3.05) is 23.7 Å². The normalized spacial score (nSPS) is 10.7. The number of aryl methyl sites for hydroxylation is 1. The van der Waals surface area contributed by atoms with Crippen molar-refractivity contribution < 1.29 is 4.79 Å². The van der Waals surface area contributed by atoms with Gasteiger partial charge in [0.2, 0.25) is 5.91 Å². The highest BCUT2D eigenvalue weighted by Gasteiger charge is 2.17. The first-order valence-corrected chi connectivity index (χ1v) is 5.95. The average molecular weight is 251 g/mol. The number of carbonyl (C=O) groups is 1. The molecule has 6 nitrogen and oxygen atoms in total. The van der Waals surface area contributed by atoms with E-state index in [1.54, 1.807) is 6.92 Å². The third-order valence-electron chi connectivity index (χ3n) is 2.50. The van der Waals surface area contributed by atoms with Crippen LogP contribution in [-0.2, 0) is 4.79 Å². The first-order valence-electron chi connectivity index (χ1n) is 5.95. The van der Waals surface area contributed by atoms with Gasteiger partial charge in [0, 0.05) is 12.1 Å². The summed E-state index contributed by atoms with van der Waals surface area (Å²) in [6.07, 6.45) is 0. The number of hydrogen-bond acceptors (Lipinski definition) is 5. The molecule has 1 aromatic rings. The Morgan fingerprint density at radius 1 is 1.33 bits per heavy atom. The standard InChI is InChI=1S/C12H21N5O/c1-7(2)5-17(6-10(13)18)12-8(3)11(14)15-9(4)16-12/h7H,5-6H2,1-4H3,(H2,13,18)(H2,14,15,16). The number of carbonyl (C=O) groups excluding carboxylic acids is 1. The number of amides is 1. The van der Waals surface area contributed by atoms with Gasteiger partial charge in [0.25, 0.3) is 0 Å². The maximum absolute atomic E-state index is 11.2. The zero-order valence-corrected chi connectivity index (χ0v) is 11.4. The Labute approximate surface area is 107 Å². The van der Waals surface area contributed by atoms with Crippen LogP contribution >= 0.6 is 0 Å². The third-order valence-corrected chi connectivity index (χ3v) is 2.50. The van der Waals surface area contributed by atoms with Crippen LogP contribution in [0.2, 0.25) is 0 Å². The molecule has 0 aliphatic rings. The van der Waals surface area contributed by atoms with Crippen molar-refractivity contribution in [3.05, 3.63) is 11.4 Å². The first kappa shape index (κ1) is 14.2. The van der Waals surface area contributed by atoms with Crippen molar-refractivity contribution in [3.63, 3.8) is 0 Å². The second-order valence-electron chi connectivity index (χ2n) is 4.85. The van der Waals surface area contributed by atoms with Crippen LogP contribution in [0.5, 0.6) is 0 Å². The number of hydrogen-bond donors (Lipinski definition) is 2. The summed E-state index contributed by atoms with van der Waals surface area (Å²) in [6, 6.07) is 0. The van der Waals surface area contributed by atoms with Crippen LogP contribution in [0, 0.1) is 19.8 Å². The van der Waals surface area contributed by atoms with E-state index in [-0.39, 0.29) is 12.5 Å². The molecule has 0 unspecified atom stereocenters. The van der Waals surface area contributed by atoms with E-state index in [0.717, 1.165) is 5.56 Å². The molecule has 0 saturated heterocycles. The molecule has 4 N–H and O–H groups in total. The van der Waals surface area contributed by atoms with Crippen LogP contribution in [-0.4, -0.2) is 29.0 Å². The molecule has 18 heavy (non-hydrogen) atoms. The van der Waals surface area contributed by atoms with Crippen LogP contribution in [0.25, 0.3) is 0 Å². The quantitative estimate of drug-likeness (QED) is 0.799. The van der Waals surface area contributed by atoms with Crippen LogP contribution < -0.4 is 16.4 Å². The Hall–Kier alpha value is -1.85. The summed E-state index contributed by atoms with van der Waals surface area (Å²) in [5.41, 5.74) is 11.9. The molecule has 0 bridgehead atoms. The second kappa shape index (κ2) is 5.66. The van der Waals surface area contributed by atoms with E-state index in [4.69, 9.17) is 11.5 Å². The molecule has 100 valence electrons. The second-order valence-corrected chi connectivity index (χ2v) is 4.85. The van der Waals surface area contributed by atoms with Gasteiger partial charge in [-0.15, -0.1) is 0 Å². The minimum Gasteiger partial charge on any atom is -0.383 e. The average Bonchev–Trinajstić information content (AvgIpc) is 2.21. The van der Waals surface area contributed by atoms with Gasteiger partial charge in [0.05, 0.1) is 6.54 Å². The van der Waals surface area contributed by atoms with Crippen LogP contribution in [0.3, 0.4) is 0 Å². The Morgan fingerprint density at radius 2 is 1.94 bits per heavy atom. The van der Waals surface area contributed by atoms with E-state index in [0.29, 0.717) is 29.9 Å². The molecule has 1 heterocycles. The zero-order chi connectivity index (χ0) is 13.9. The number of nitrogen functional groups attached to an aromatic ring is 1. The summed E-state index contributed by atoms with van der Waals surface area (Å²) >= 11 is 0. The Kier molecular flexibility index (Phi) is 4.47. The number of primary amides is 1. The summed E-state index contributed by atoms with van der Waals surface area (Å²) in [7, 11) is 0. The van der Waals surface area contributed by atoms with E-state index in [9.17, 15) is 4.79 Å². The van der Waals surface area contributed by atoms with Crippen molar-refractivity contribution in [1.82, 2.24) is 9.97 Å². The molecule has 0 fully saturated rings. The topological polar surface area (TPSA) is 98.1 Å². The molecule has 1 aromatic heterocycles. The third kappa shape index (κ3) is 3.58. The number of aromatic nitrogens is 2. The predicted molar refractivity (Wildman–Crippen MR) is 72.2 cm³/mol. The van der Waals surface area contributed by atoms with E-state index in [2.05, 4.69) is 23.8 Å². The lowest BCUT2D eigenvalue weighted by Gasteiger charge is -2.26. The van der Waals surface area contributed by atoms with Gasteiger partial charge in [-0.1, -0.05) is 13.8 Å². The number of nitrogens with two attached hydrogens (primary N) is 2. The lowest BCUT2D eigenvalue weighted by molar-refractivity contribution is -0.116. The number of rotatable bonds is 5. The lowest BCUT2D eigenvalue weighted by atomic mass is 10.2. The van der Waals surface area contributed by atoms with E-state index < -0.39 is 0 Å². The van der Waals surface area contributed by atoms with Gasteiger partial charge < -0.3 is 16.4 Å². The minimum absolute atomic E-state index is 0.134. The van der Waals surface area contributed by atoms with E-state index in [1.807, 2.05) is 11.8 Å². The summed E-state index contributed by atoms with van der Waals surface area (Å²) in [4.78, 5) is 21.5. The first-order chi connectivity index (χ1) is 8.31. The Bertz CT molecular complexity index is 444. The fourth-order valence-corrected chi connectivity index (χ4v) is 1.80. The van der Waals surface area contributed by atoms with Gasteiger partial charge >= 0.3 is 0 Å². The van der Waals surface area contributed by atoms with Crippen molar-refractivity contribution in [3.8, 4) is 0 Å². The molecule has 1 rings (SSSR count). The zero-order valence-electron chi connectivity index (χ0n) is 11.4. The van der Waals surface area contributed by atoms with Gasteiger partial charge in [-0.25, -0.2) is 9.97 Å². The highest BCUT2D eigenvalue weighted by atomic mass is 16.1. The van der Waals surface area contributed by atoms with Crippen LogP contribution in [0.4, 0.5) is 11.6 Å². The number of nitrogens with zero attached hydrogens (tertiary/aromatic N) is 3. The van der Waals surface area contributed by atoms with Gasteiger partial charge in [-0.3, -0.25) is 4.79 Å². The smallest absolute Gasteiger partial charge is 0.236 e. The van der Waals surface area contributed by atoms with Crippen molar-refractivity contribution in [1.29, 1.82) is 0 Å². The summed E-state index contributed by atoms with van der Waals surface area (Å²) in [6.45, 7) is 8.59. The molecule has 0 aliphatic heterocycles.